The van der Waals surface area contributed by atoms with Crippen LogP contribution in [0.2, 0.25) is 0 Å². The summed E-state index contributed by atoms with van der Waals surface area (Å²) in [5.74, 6) is 1.41. The number of fused-ring (bicyclic) bond motifs is 1. The second kappa shape index (κ2) is 6.94. The van der Waals surface area contributed by atoms with E-state index in [1.165, 1.54) is 5.56 Å². The quantitative estimate of drug-likeness (QED) is 0.848. The van der Waals surface area contributed by atoms with Crippen LogP contribution in [0.15, 0.2) is 48.5 Å². The van der Waals surface area contributed by atoms with Crippen LogP contribution < -0.4 is 8.92 Å². The second-order valence-electron chi connectivity index (χ2n) is 5.27. The number of para-hydroxylation sites is 1. The molecule has 0 saturated heterocycles. The lowest BCUT2D eigenvalue weighted by atomic mass is 10.0. The van der Waals surface area contributed by atoms with Gasteiger partial charge in [0.05, 0.1) is 0 Å². The van der Waals surface area contributed by atoms with Crippen molar-refractivity contribution in [3.05, 3.63) is 59.7 Å². The molecule has 0 N–H and O–H groups in total. The molecule has 0 fully saturated rings. The molecule has 4 nitrogen and oxygen atoms in total. The van der Waals surface area contributed by atoms with Gasteiger partial charge in [-0.2, -0.15) is 4.21 Å². The van der Waals surface area contributed by atoms with Crippen molar-refractivity contribution in [2.24, 2.45) is 0 Å². The Kier molecular flexibility index (Phi) is 4.75. The SMILES string of the molecule is Cc1ccc(OS(=O)OC[C@@H]2CCc3ccccc3O2)cc1. The molecule has 2 atom stereocenters. The molecular weight excluding hydrogens is 300 g/mol. The molecule has 1 unspecified atom stereocenters. The molecule has 0 spiro atoms. The van der Waals surface area contributed by atoms with Gasteiger partial charge >= 0.3 is 11.4 Å². The van der Waals surface area contributed by atoms with E-state index in [1.54, 1.807) is 12.1 Å². The lowest BCUT2D eigenvalue weighted by Gasteiger charge is -2.25. The maximum atomic E-state index is 11.8. The molecule has 2 aromatic carbocycles. The van der Waals surface area contributed by atoms with Crippen molar-refractivity contribution >= 4 is 11.4 Å². The van der Waals surface area contributed by atoms with E-state index in [1.807, 2.05) is 37.3 Å². The standard InChI is InChI=1S/C17H18O4S/c1-13-6-9-15(10-7-13)21-22(18)19-12-16-11-8-14-4-2-3-5-17(14)20-16/h2-7,9-10,16H,8,11-12H2,1H3/t16-,22?/m0/s1. The summed E-state index contributed by atoms with van der Waals surface area (Å²) in [4.78, 5) is 0. The molecule has 3 rings (SSSR count). The largest absolute Gasteiger partial charge is 0.488 e. The van der Waals surface area contributed by atoms with Crippen LogP contribution in [0.4, 0.5) is 0 Å². The van der Waals surface area contributed by atoms with Gasteiger partial charge in [0, 0.05) is 0 Å². The highest BCUT2D eigenvalue weighted by Gasteiger charge is 2.20. The Morgan fingerprint density at radius 3 is 2.77 bits per heavy atom. The Hall–Kier alpha value is -1.85. The predicted molar refractivity (Wildman–Crippen MR) is 85.1 cm³/mol. The Morgan fingerprint density at radius 1 is 1.18 bits per heavy atom. The minimum atomic E-state index is -1.82. The molecule has 116 valence electrons. The van der Waals surface area contributed by atoms with Crippen LogP contribution in [0.3, 0.4) is 0 Å². The van der Waals surface area contributed by atoms with Crippen LogP contribution in [-0.4, -0.2) is 16.9 Å². The molecule has 0 radical (unpaired) electrons. The van der Waals surface area contributed by atoms with Crippen LogP contribution in [0.25, 0.3) is 0 Å². The number of benzene rings is 2. The summed E-state index contributed by atoms with van der Waals surface area (Å²) in [5.41, 5.74) is 2.32. The summed E-state index contributed by atoms with van der Waals surface area (Å²) in [7, 11) is 0. The zero-order valence-corrected chi connectivity index (χ0v) is 13.2. The third kappa shape index (κ3) is 3.87. The van der Waals surface area contributed by atoms with Gasteiger partial charge in [-0.3, -0.25) is 4.18 Å². The zero-order valence-electron chi connectivity index (χ0n) is 12.4. The van der Waals surface area contributed by atoms with Gasteiger partial charge in [0.2, 0.25) is 0 Å². The van der Waals surface area contributed by atoms with Gasteiger partial charge in [0.1, 0.15) is 24.2 Å². The first kappa shape index (κ1) is 15.1. The Labute approximate surface area is 132 Å². The molecule has 0 bridgehead atoms. The lowest BCUT2D eigenvalue weighted by molar-refractivity contribution is 0.112. The highest BCUT2D eigenvalue weighted by atomic mass is 32.2. The van der Waals surface area contributed by atoms with Crippen molar-refractivity contribution in [1.82, 2.24) is 0 Å². The predicted octanol–water partition coefficient (Wildman–Crippen LogP) is 3.36. The summed E-state index contributed by atoms with van der Waals surface area (Å²) in [5, 5.41) is 0. The Bertz CT molecular complexity index is 654. The average molecular weight is 318 g/mol. The van der Waals surface area contributed by atoms with Crippen molar-refractivity contribution in [1.29, 1.82) is 0 Å². The summed E-state index contributed by atoms with van der Waals surface area (Å²) < 4.78 is 28.1. The molecule has 22 heavy (non-hydrogen) atoms. The van der Waals surface area contributed by atoms with Gasteiger partial charge in [-0.1, -0.05) is 35.9 Å². The molecule has 1 aliphatic rings. The maximum Gasteiger partial charge on any atom is 0.360 e. The van der Waals surface area contributed by atoms with E-state index < -0.39 is 11.4 Å². The highest BCUT2D eigenvalue weighted by molar-refractivity contribution is 7.75. The van der Waals surface area contributed by atoms with Crippen LogP contribution >= 0.6 is 0 Å². The summed E-state index contributed by atoms with van der Waals surface area (Å²) in [6, 6.07) is 15.3. The first-order valence-corrected chi connectivity index (χ1v) is 8.25. The van der Waals surface area contributed by atoms with Crippen LogP contribution in [0.1, 0.15) is 17.5 Å². The van der Waals surface area contributed by atoms with Gasteiger partial charge in [-0.05, 0) is 43.5 Å². The zero-order chi connectivity index (χ0) is 15.4. The number of rotatable bonds is 5. The molecular formula is C17H18O4S. The van der Waals surface area contributed by atoms with Crippen molar-refractivity contribution in [3.63, 3.8) is 0 Å². The summed E-state index contributed by atoms with van der Waals surface area (Å²) >= 11 is -1.82. The van der Waals surface area contributed by atoms with Crippen molar-refractivity contribution < 1.29 is 17.3 Å². The molecule has 5 heteroatoms. The van der Waals surface area contributed by atoms with E-state index in [2.05, 4.69) is 6.07 Å². The molecule has 2 aromatic rings. The van der Waals surface area contributed by atoms with Crippen LogP contribution in [0, 0.1) is 6.92 Å². The fourth-order valence-electron chi connectivity index (χ4n) is 2.33. The number of ether oxygens (including phenoxy) is 1. The highest BCUT2D eigenvalue weighted by Crippen LogP contribution is 2.27. The van der Waals surface area contributed by atoms with Crippen LogP contribution in [-0.2, 0) is 22.0 Å². The first-order chi connectivity index (χ1) is 10.7. The monoisotopic (exact) mass is 318 g/mol. The fourth-order valence-corrected chi connectivity index (χ4v) is 2.90. The van der Waals surface area contributed by atoms with Gasteiger partial charge < -0.3 is 8.92 Å². The second-order valence-corrected chi connectivity index (χ2v) is 6.08. The number of aryl methyl sites for hydroxylation is 2. The number of hydrogen-bond acceptors (Lipinski definition) is 4. The molecule has 1 aliphatic heterocycles. The average Bonchev–Trinajstić information content (AvgIpc) is 2.55. The fraction of sp³-hybridized carbons (Fsp3) is 0.294. The maximum absolute atomic E-state index is 11.8. The van der Waals surface area contributed by atoms with E-state index >= 15 is 0 Å². The van der Waals surface area contributed by atoms with Crippen molar-refractivity contribution in [2.75, 3.05) is 6.61 Å². The van der Waals surface area contributed by atoms with E-state index in [4.69, 9.17) is 13.1 Å². The van der Waals surface area contributed by atoms with Gasteiger partial charge in [0.15, 0.2) is 0 Å². The number of hydrogen-bond donors (Lipinski definition) is 0. The Morgan fingerprint density at radius 2 is 1.95 bits per heavy atom. The third-order valence-corrected chi connectivity index (χ3v) is 4.19. The van der Waals surface area contributed by atoms with E-state index in [0.29, 0.717) is 5.75 Å². The smallest absolute Gasteiger partial charge is 0.360 e. The molecule has 0 amide bonds. The van der Waals surface area contributed by atoms with Crippen molar-refractivity contribution in [2.45, 2.75) is 25.9 Å². The minimum Gasteiger partial charge on any atom is -0.488 e. The normalized spacial score (nSPS) is 18.1. The minimum absolute atomic E-state index is 0.0968. The third-order valence-electron chi connectivity index (χ3n) is 3.54. The Balaban J connectivity index is 1.49. The molecule has 0 aliphatic carbocycles. The molecule has 1 heterocycles. The lowest BCUT2D eigenvalue weighted by Crippen LogP contribution is -2.28. The van der Waals surface area contributed by atoms with Crippen molar-refractivity contribution in [3.8, 4) is 11.5 Å². The van der Waals surface area contributed by atoms with E-state index in [9.17, 15) is 4.21 Å². The van der Waals surface area contributed by atoms with Gasteiger partial charge in [0.25, 0.3) is 0 Å². The summed E-state index contributed by atoms with van der Waals surface area (Å²) in [6.07, 6.45) is 1.69. The first-order valence-electron chi connectivity index (χ1n) is 7.25. The molecule has 0 aromatic heterocycles. The topological polar surface area (TPSA) is 44.8 Å². The molecule has 0 saturated carbocycles. The summed E-state index contributed by atoms with van der Waals surface area (Å²) in [6.45, 7) is 2.22. The van der Waals surface area contributed by atoms with Gasteiger partial charge in [-0.15, -0.1) is 0 Å². The van der Waals surface area contributed by atoms with Gasteiger partial charge in [-0.25, -0.2) is 0 Å². The van der Waals surface area contributed by atoms with E-state index in [0.717, 1.165) is 24.2 Å². The van der Waals surface area contributed by atoms with E-state index in [-0.39, 0.29) is 12.7 Å². The van der Waals surface area contributed by atoms with Crippen LogP contribution in [0.5, 0.6) is 11.5 Å².